The van der Waals surface area contributed by atoms with Crippen LogP contribution >= 0.6 is 23.8 Å². The Hall–Kier alpha value is -10.7. The van der Waals surface area contributed by atoms with Crippen molar-refractivity contribution >= 4 is 35.6 Å². The molecule has 11 aromatic rings. The van der Waals surface area contributed by atoms with E-state index in [1.807, 2.05) is 64.1 Å². The number of carbonyl (C=O) groups excluding carboxylic acids is 2. The van der Waals surface area contributed by atoms with Gasteiger partial charge in [-0.25, -0.2) is 75.0 Å². The van der Waals surface area contributed by atoms with E-state index in [2.05, 4.69) is 0 Å². The first-order chi connectivity index (χ1) is 48.6. The molecule has 0 amide bonds. The van der Waals surface area contributed by atoms with Crippen molar-refractivity contribution in [3.8, 4) is 95.5 Å². The lowest BCUT2D eigenvalue weighted by atomic mass is 9.78. The molecule has 103 heavy (non-hydrogen) atoms. The van der Waals surface area contributed by atoms with E-state index >= 15 is 83.8 Å². The van der Waals surface area contributed by atoms with Crippen LogP contribution in [-0.4, -0.2) is 16.9 Å². The molecule has 1 N–H and O–H groups in total. The standard InChI is InChI=1S/C75H36F20O6S2/c1-26(96)28-21-24-32-34-14-10-18-39(47(34)75(4,5)37(32)25-28)102-29-22-19-27(20-23-29)30-12-9-17-38(40(30)35-15-8-13-33-31-11-6-7-16-36(31)74(2,3)46(33)35)103-101-73(98)43-41(44-48(76)52(80)56(84)53(81)49(44)77)68(97)72(100-71-66(94)62(90)59(87)63(91)67(71)95)69(99-70-64(92)60(88)58(86)61(89)65(70)93)42(43)45-50(78)54(82)57(85)55(83)51(45)79/h6-25,97H,1-5H3. The quantitative estimate of drug-likeness (QED) is 0.0379. The number of ether oxygens (including phenoxy) is 2. The zero-order chi connectivity index (χ0) is 74.4. The Kier molecular flexibility index (Phi) is 17.6. The van der Waals surface area contributed by atoms with Crippen molar-refractivity contribution < 1.29 is 116 Å². The van der Waals surface area contributed by atoms with Gasteiger partial charge in [-0.3, -0.25) is 4.79 Å². The third kappa shape index (κ3) is 10.9. The number of fused-ring (bicyclic) bond motifs is 6. The molecule has 2 aliphatic rings. The lowest BCUT2D eigenvalue weighted by molar-refractivity contribution is 0.0768. The highest BCUT2D eigenvalue weighted by atomic mass is 32.2. The number of carbonyl (C=O) groups is 2. The zero-order valence-corrected chi connectivity index (χ0v) is 54.0. The number of rotatable bonds is 14. The highest BCUT2D eigenvalue weighted by Gasteiger charge is 2.45. The van der Waals surface area contributed by atoms with Gasteiger partial charge in [0.15, 0.2) is 63.8 Å². The Morgan fingerprint density at radius 3 is 1.29 bits per heavy atom. The number of phenols is 1. The number of hydrogen-bond acceptors (Lipinski definition) is 8. The van der Waals surface area contributed by atoms with E-state index in [0.717, 1.165) is 38.3 Å². The van der Waals surface area contributed by atoms with Crippen LogP contribution in [0.15, 0.2) is 136 Å². The molecule has 0 aliphatic heterocycles. The van der Waals surface area contributed by atoms with Crippen molar-refractivity contribution in [2.45, 2.75) is 60.1 Å². The van der Waals surface area contributed by atoms with Gasteiger partial charge < -0.3 is 18.8 Å². The summed E-state index contributed by atoms with van der Waals surface area (Å²) in [6, 6.07) is 34.2. The van der Waals surface area contributed by atoms with Crippen LogP contribution in [0.3, 0.4) is 0 Å². The molecule has 0 radical (unpaired) electrons. The fourth-order valence-electron chi connectivity index (χ4n) is 13.0. The molecule has 524 valence electrons. The maximum Gasteiger partial charge on any atom is 0.352 e. The first-order valence-corrected chi connectivity index (χ1v) is 31.4. The largest absolute Gasteiger partial charge is 0.504 e. The first kappa shape index (κ1) is 70.7. The average Bonchev–Trinajstić information content (AvgIpc) is 1.70. The van der Waals surface area contributed by atoms with Gasteiger partial charge in [0.1, 0.15) is 0 Å². The minimum absolute atomic E-state index is 0.0634. The van der Waals surface area contributed by atoms with Gasteiger partial charge in [0.05, 0.1) is 33.6 Å². The topological polar surface area (TPSA) is 82.1 Å². The minimum Gasteiger partial charge on any atom is -0.504 e. The first-order valence-electron chi connectivity index (χ1n) is 29.8. The van der Waals surface area contributed by atoms with E-state index in [1.54, 1.807) is 72.8 Å². The summed E-state index contributed by atoms with van der Waals surface area (Å²) in [7, 11) is 0. The molecule has 0 aromatic heterocycles. The molecule has 0 unspecified atom stereocenters. The van der Waals surface area contributed by atoms with E-state index in [-0.39, 0.29) is 33.8 Å². The molecule has 6 nitrogen and oxygen atoms in total. The monoisotopic (exact) mass is 1480 g/mol. The third-order valence-corrected chi connectivity index (χ3v) is 19.6. The molecule has 0 atom stereocenters. The van der Waals surface area contributed by atoms with Gasteiger partial charge in [-0.05, 0) is 98.5 Å². The van der Waals surface area contributed by atoms with E-state index in [1.165, 1.54) is 30.8 Å². The van der Waals surface area contributed by atoms with E-state index in [4.69, 9.17) is 13.7 Å². The smallest absolute Gasteiger partial charge is 0.352 e. The van der Waals surface area contributed by atoms with Gasteiger partial charge in [0.25, 0.3) is 0 Å². The Balaban J connectivity index is 1.06. The second-order valence-electron chi connectivity index (χ2n) is 24.3. The highest BCUT2D eigenvalue weighted by Crippen LogP contribution is 2.61. The summed E-state index contributed by atoms with van der Waals surface area (Å²) >= 11 is 1.16. The summed E-state index contributed by atoms with van der Waals surface area (Å²) in [5.74, 6) is -80.9. The summed E-state index contributed by atoms with van der Waals surface area (Å²) in [6.07, 6.45) is 0. The van der Waals surface area contributed by atoms with Crippen molar-refractivity contribution in [3.05, 3.63) is 271 Å². The summed E-state index contributed by atoms with van der Waals surface area (Å²) in [4.78, 5) is 29.4. The van der Waals surface area contributed by atoms with Crippen molar-refractivity contribution in [1.29, 1.82) is 0 Å². The van der Waals surface area contributed by atoms with Crippen molar-refractivity contribution in [1.82, 2.24) is 0 Å². The maximum absolute atomic E-state index is 16.9. The lowest BCUT2D eigenvalue weighted by Crippen LogP contribution is -2.16. The molecule has 0 saturated carbocycles. The second kappa shape index (κ2) is 25.6. The van der Waals surface area contributed by atoms with E-state index in [9.17, 15) is 18.7 Å². The number of ketones is 1. The van der Waals surface area contributed by atoms with Gasteiger partial charge >= 0.3 is 5.97 Å². The fraction of sp³-hybridized carbons (Fsp3) is 0.0933. The molecule has 11 aromatic carbocycles. The Bertz CT molecular complexity index is 5470. The van der Waals surface area contributed by atoms with Gasteiger partial charge in [0, 0.05) is 42.9 Å². The Morgan fingerprint density at radius 2 is 0.767 bits per heavy atom. The van der Waals surface area contributed by atoms with Gasteiger partial charge in [-0.1, -0.05) is 130 Å². The van der Waals surface area contributed by atoms with Crippen LogP contribution in [0.1, 0.15) is 77.6 Å². The van der Waals surface area contributed by atoms with E-state index < -0.39 is 190 Å². The molecule has 0 spiro atoms. The Morgan fingerprint density at radius 1 is 0.359 bits per heavy atom. The minimum atomic E-state index is -3.30. The average molecular weight is 1480 g/mol. The summed E-state index contributed by atoms with van der Waals surface area (Å²) in [5, 5.41) is 12.3. The molecule has 2 aliphatic carbocycles. The number of hydrogen-bond donors (Lipinski definition) is 1. The van der Waals surface area contributed by atoms with Crippen molar-refractivity contribution in [2.24, 2.45) is 0 Å². The maximum atomic E-state index is 16.9. The summed E-state index contributed by atoms with van der Waals surface area (Å²) in [6.45, 7) is 9.17. The normalized spacial score (nSPS) is 13.1. The molecule has 0 fully saturated rings. The predicted molar refractivity (Wildman–Crippen MR) is 335 cm³/mol. The number of Topliss-reactive ketones (excluding diaryl/α,β-unsaturated/α-hetero) is 1. The van der Waals surface area contributed by atoms with Crippen LogP contribution in [-0.2, 0) is 15.0 Å². The fourth-order valence-corrected chi connectivity index (χ4v) is 14.9. The number of phenolic OH excluding ortho intramolecular Hbond substituents is 1. The van der Waals surface area contributed by atoms with Gasteiger partial charge in [-0.15, -0.1) is 0 Å². The van der Waals surface area contributed by atoms with Crippen LogP contribution < -0.4 is 9.47 Å². The molecule has 0 saturated heterocycles. The van der Waals surface area contributed by atoms with Crippen molar-refractivity contribution in [2.75, 3.05) is 0 Å². The number of aromatic hydroxyl groups is 1. The zero-order valence-electron chi connectivity index (χ0n) is 52.4. The van der Waals surface area contributed by atoms with Gasteiger partial charge in [-0.2, -0.15) is 17.6 Å². The van der Waals surface area contributed by atoms with Crippen LogP contribution in [0.2, 0.25) is 0 Å². The van der Waals surface area contributed by atoms with Crippen LogP contribution in [0.25, 0.3) is 66.8 Å². The van der Waals surface area contributed by atoms with Gasteiger partial charge in [0.2, 0.25) is 87.1 Å². The second-order valence-corrected chi connectivity index (χ2v) is 26.2. The summed E-state index contributed by atoms with van der Waals surface area (Å²) < 4.78 is 329. The summed E-state index contributed by atoms with van der Waals surface area (Å²) in [5.41, 5.74) is -7.49. The molecule has 0 heterocycles. The molecular formula is C75H36F20O6S2. The molecule has 0 bridgehead atoms. The molecule has 28 heteroatoms. The number of benzene rings is 11. The lowest BCUT2D eigenvalue weighted by Gasteiger charge is -2.26. The van der Waals surface area contributed by atoms with Crippen LogP contribution in [0.5, 0.6) is 28.7 Å². The predicted octanol–water partition coefficient (Wildman–Crippen LogP) is 23.3. The molecule has 13 rings (SSSR count). The number of halogens is 20. The SMILES string of the molecule is CC(=O)c1ccc2c(c1)C(C)(C)c1c(Sc3ccc(-c4cccc(SOC(=O)c5c(-c6c(F)c(F)c(F)c(F)c6F)c(O)c(Oc6c(F)c(F)c(F)c(F)c6F)c(Oc6c(F)c(F)c(F)c(F)c6F)c5-c5c(F)c(F)c(F)c(F)c5F)c4-c4cccc5c4C(C)(C)c4ccccc4-5)cc3)cccc1-2. The van der Waals surface area contributed by atoms with Crippen molar-refractivity contribution in [3.63, 3.8) is 0 Å². The molecular weight excluding hydrogens is 1440 g/mol. The third-order valence-electron chi connectivity index (χ3n) is 17.8. The Labute approximate surface area is 575 Å². The highest BCUT2D eigenvalue weighted by molar-refractivity contribution is 7.99. The van der Waals surface area contributed by atoms with E-state index in [0.29, 0.717) is 32.7 Å². The van der Waals surface area contributed by atoms with Crippen LogP contribution in [0, 0.1) is 116 Å². The van der Waals surface area contributed by atoms with Crippen LogP contribution in [0.4, 0.5) is 87.8 Å².